The highest BCUT2D eigenvalue weighted by atomic mass is 16.5. The maximum absolute atomic E-state index is 13.0. The first-order chi connectivity index (χ1) is 17.6. The van der Waals surface area contributed by atoms with Crippen molar-refractivity contribution in [3.8, 4) is 0 Å². The lowest BCUT2D eigenvalue weighted by Gasteiger charge is -2.16. The Morgan fingerprint density at radius 2 is 1.58 bits per heavy atom. The van der Waals surface area contributed by atoms with Gasteiger partial charge in [0.25, 0.3) is 5.91 Å². The highest BCUT2D eigenvalue weighted by Crippen LogP contribution is 2.25. The van der Waals surface area contributed by atoms with E-state index in [0.29, 0.717) is 6.42 Å². The monoisotopic (exact) mass is 482 g/mol. The van der Waals surface area contributed by atoms with Crippen LogP contribution in [0.1, 0.15) is 29.3 Å². The van der Waals surface area contributed by atoms with Crippen LogP contribution in [0, 0.1) is 6.92 Å². The average molecular weight is 483 g/mol. The number of hydrazone groups is 1. The van der Waals surface area contributed by atoms with Crippen LogP contribution in [0.5, 0.6) is 0 Å². The van der Waals surface area contributed by atoms with E-state index in [1.807, 2.05) is 73.7 Å². The number of para-hydroxylation sites is 1. The molecule has 2 amide bonds. The standard InChI is InChI=1S/C29H30N4O3/c1-3-36-29(35)31-26(18-22-12-6-4-7-13-22)28(34)32-30-19-25-21(2)33(20-23-14-8-5-9-15-23)27-17-11-10-16-24(25)27/h4-17,19,26H,3,18,20H2,1-2H3,(H,31,35)(H,32,34)/b30-19-/t26-/m1/s1. The number of benzene rings is 3. The zero-order valence-corrected chi connectivity index (χ0v) is 20.5. The summed E-state index contributed by atoms with van der Waals surface area (Å²) in [6, 6.07) is 27.1. The van der Waals surface area contributed by atoms with Gasteiger partial charge in [-0.25, -0.2) is 10.2 Å². The van der Waals surface area contributed by atoms with E-state index in [2.05, 4.69) is 38.6 Å². The maximum atomic E-state index is 13.0. The molecule has 36 heavy (non-hydrogen) atoms. The second-order valence-electron chi connectivity index (χ2n) is 8.43. The van der Waals surface area contributed by atoms with Gasteiger partial charge < -0.3 is 14.6 Å². The summed E-state index contributed by atoms with van der Waals surface area (Å²) in [5.74, 6) is -0.422. The molecule has 0 saturated heterocycles. The van der Waals surface area contributed by atoms with Crippen LogP contribution in [0.15, 0.2) is 90.0 Å². The van der Waals surface area contributed by atoms with Gasteiger partial charge in [-0.1, -0.05) is 78.9 Å². The fraction of sp³-hybridized carbons (Fsp3) is 0.207. The van der Waals surface area contributed by atoms with Gasteiger partial charge in [-0.15, -0.1) is 0 Å². The number of rotatable bonds is 9. The zero-order valence-electron chi connectivity index (χ0n) is 20.5. The van der Waals surface area contributed by atoms with E-state index >= 15 is 0 Å². The molecule has 4 aromatic rings. The molecule has 7 heteroatoms. The molecule has 1 heterocycles. The third-order valence-electron chi connectivity index (χ3n) is 6.00. The Morgan fingerprint density at radius 1 is 0.944 bits per heavy atom. The van der Waals surface area contributed by atoms with Gasteiger partial charge in [-0.05, 0) is 31.0 Å². The van der Waals surface area contributed by atoms with E-state index in [9.17, 15) is 9.59 Å². The molecule has 0 aliphatic rings. The first kappa shape index (κ1) is 24.7. The number of carbonyl (C=O) groups is 2. The third kappa shape index (κ3) is 5.99. The normalized spacial score (nSPS) is 11.9. The van der Waals surface area contributed by atoms with Crippen molar-refractivity contribution in [1.82, 2.24) is 15.3 Å². The van der Waals surface area contributed by atoms with E-state index < -0.39 is 18.0 Å². The summed E-state index contributed by atoms with van der Waals surface area (Å²) in [6.45, 7) is 4.71. The number of hydrogen-bond donors (Lipinski definition) is 2. The van der Waals surface area contributed by atoms with E-state index in [1.165, 1.54) is 5.56 Å². The topological polar surface area (TPSA) is 84.7 Å². The smallest absolute Gasteiger partial charge is 0.407 e. The summed E-state index contributed by atoms with van der Waals surface area (Å²) in [4.78, 5) is 25.0. The van der Waals surface area contributed by atoms with Crippen molar-refractivity contribution < 1.29 is 14.3 Å². The fourth-order valence-corrected chi connectivity index (χ4v) is 4.20. The number of fused-ring (bicyclic) bond motifs is 1. The van der Waals surface area contributed by atoms with Gasteiger partial charge in [-0.3, -0.25) is 4.79 Å². The Labute approximate surface area is 210 Å². The number of nitrogens with one attached hydrogen (secondary N) is 2. The van der Waals surface area contributed by atoms with E-state index in [0.717, 1.165) is 34.3 Å². The molecule has 0 bridgehead atoms. The minimum absolute atomic E-state index is 0.218. The van der Waals surface area contributed by atoms with Crippen molar-refractivity contribution in [1.29, 1.82) is 0 Å². The number of carbonyl (C=O) groups excluding carboxylic acids is 2. The molecule has 0 unspecified atom stereocenters. The van der Waals surface area contributed by atoms with Gasteiger partial charge in [0, 0.05) is 35.1 Å². The van der Waals surface area contributed by atoms with Crippen molar-refractivity contribution >= 4 is 29.1 Å². The van der Waals surface area contributed by atoms with Crippen LogP contribution >= 0.6 is 0 Å². The van der Waals surface area contributed by atoms with Gasteiger partial charge in [0.2, 0.25) is 0 Å². The quantitative estimate of drug-likeness (QED) is 0.265. The minimum atomic E-state index is -0.830. The largest absolute Gasteiger partial charge is 0.450 e. The summed E-state index contributed by atoms with van der Waals surface area (Å²) in [5, 5.41) is 7.95. The zero-order chi connectivity index (χ0) is 25.3. The van der Waals surface area contributed by atoms with Crippen molar-refractivity contribution in [3.05, 3.63) is 107 Å². The first-order valence-corrected chi connectivity index (χ1v) is 12.0. The SMILES string of the molecule is CCOC(=O)N[C@H](Cc1ccccc1)C(=O)N/N=C\c1c(C)n(Cc2ccccc2)c2ccccc12. The Balaban J connectivity index is 1.54. The number of hydrogen-bond acceptors (Lipinski definition) is 4. The van der Waals surface area contributed by atoms with Gasteiger partial charge in [0.15, 0.2) is 0 Å². The van der Waals surface area contributed by atoms with Crippen LogP contribution in [0.2, 0.25) is 0 Å². The number of nitrogens with zero attached hydrogens (tertiary/aromatic N) is 2. The van der Waals surface area contributed by atoms with Gasteiger partial charge in [0.05, 0.1) is 12.8 Å². The van der Waals surface area contributed by atoms with Gasteiger partial charge in [0.1, 0.15) is 6.04 Å². The number of aromatic nitrogens is 1. The maximum Gasteiger partial charge on any atom is 0.407 e. The van der Waals surface area contributed by atoms with E-state index in [1.54, 1.807) is 13.1 Å². The summed E-state index contributed by atoms with van der Waals surface area (Å²) in [7, 11) is 0. The van der Waals surface area contributed by atoms with Crippen molar-refractivity contribution in [2.45, 2.75) is 32.9 Å². The number of amides is 2. The lowest BCUT2D eigenvalue weighted by atomic mass is 10.1. The molecule has 1 atom stereocenters. The number of ether oxygens (including phenoxy) is 1. The fourth-order valence-electron chi connectivity index (χ4n) is 4.20. The molecule has 0 aliphatic heterocycles. The Hall–Kier alpha value is -4.39. The molecule has 0 aliphatic carbocycles. The summed E-state index contributed by atoms with van der Waals surface area (Å²) in [6.07, 6.45) is 1.34. The molecule has 1 aromatic heterocycles. The molecule has 2 N–H and O–H groups in total. The van der Waals surface area contributed by atoms with Crippen LogP contribution in [0.4, 0.5) is 4.79 Å². The molecule has 184 valence electrons. The Bertz CT molecular complexity index is 1350. The van der Waals surface area contributed by atoms with Crippen molar-refractivity contribution in [2.24, 2.45) is 5.10 Å². The van der Waals surface area contributed by atoms with Crippen molar-refractivity contribution in [2.75, 3.05) is 6.61 Å². The highest BCUT2D eigenvalue weighted by Gasteiger charge is 2.22. The van der Waals surface area contributed by atoms with Crippen LogP contribution in [0.3, 0.4) is 0 Å². The highest BCUT2D eigenvalue weighted by molar-refractivity contribution is 6.01. The summed E-state index contributed by atoms with van der Waals surface area (Å²) in [5.41, 5.74) is 7.79. The molecule has 4 rings (SSSR count). The molecular formula is C29H30N4O3. The lowest BCUT2D eigenvalue weighted by Crippen LogP contribution is -2.47. The van der Waals surface area contributed by atoms with Crippen molar-refractivity contribution in [3.63, 3.8) is 0 Å². The van der Waals surface area contributed by atoms with Gasteiger partial charge in [-0.2, -0.15) is 5.10 Å². The van der Waals surface area contributed by atoms with E-state index in [4.69, 9.17) is 4.74 Å². The van der Waals surface area contributed by atoms with Crippen LogP contribution < -0.4 is 10.7 Å². The first-order valence-electron chi connectivity index (χ1n) is 12.0. The molecule has 0 fully saturated rings. The predicted octanol–water partition coefficient (Wildman–Crippen LogP) is 4.81. The second-order valence-corrected chi connectivity index (χ2v) is 8.43. The predicted molar refractivity (Wildman–Crippen MR) is 142 cm³/mol. The molecular weight excluding hydrogens is 452 g/mol. The molecule has 7 nitrogen and oxygen atoms in total. The molecule has 0 spiro atoms. The minimum Gasteiger partial charge on any atom is -0.450 e. The molecule has 0 radical (unpaired) electrons. The summed E-state index contributed by atoms with van der Waals surface area (Å²) >= 11 is 0. The van der Waals surface area contributed by atoms with Crippen LogP contribution in [0.25, 0.3) is 10.9 Å². The van der Waals surface area contributed by atoms with Gasteiger partial charge >= 0.3 is 6.09 Å². The second kappa shape index (κ2) is 11.8. The Kier molecular flexibility index (Phi) is 8.13. The lowest BCUT2D eigenvalue weighted by molar-refractivity contribution is -0.123. The van der Waals surface area contributed by atoms with Crippen LogP contribution in [-0.4, -0.2) is 35.4 Å². The third-order valence-corrected chi connectivity index (χ3v) is 6.00. The average Bonchev–Trinajstić information content (AvgIpc) is 3.15. The Morgan fingerprint density at radius 3 is 2.28 bits per heavy atom. The summed E-state index contributed by atoms with van der Waals surface area (Å²) < 4.78 is 7.22. The number of alkyl carbamates (subject to hydrolysis) is 1. The van der Waals surface area contributed by atoms with Crippen LogP contribution in [-0.2, 0) is 22.5 Å². The van der Waals surface area contributed by atoms with E-state index in [-0.39, 0.29) is 6.61 Å². The molecule has 3 aromatic carbocycles. The molecule has 0 saturated carbocycles.